The molecule has 2 atom stereocenters. The lowest BCUT2D eigenvalue weighted by atomic mass is 10.1. The highest BCUT2D eigenvalue weighted by atomic mass is 16.5. The Morgan fingerprint density at radius 1 is 1.00 bits per heavy atom. The molecule has 1 aliphatic rings. The van der Waals surface area contributed by atoms with Crippen LogP contribution in [0.5, 0.6) is 0 Å². The SMILES string of the molecule is C[C@@H]1CN(C(=O)Nc2ccccc2)C[C@H](C)N1Cc1ccc(C(=O)NO)cc1. The predicted octanol–water partition coefficient (Wildman–Crippen LogP) is 2.93. The summed E-state index contributed by atoms with van der Waals surface area (Å²) in [6, 6.07) is 16.9. The maximum atomic E-state index is 12.6. The standard InChI is InChI=1S/C21H26N4O3/c1-15-12-24(21(27)22-19-6-4-3-5-7-19)13-16(2)25(15)14-17-8-10-18(11-9-17)20(26)23-28/h3-11,15-16,28H,12-14H2,1-2H3,(H,22,27)(H,23,26)/t15-,16+. The van der Waals surface area contributed by atoms with Crippen LogP contribution in [-0.4, -0.2) is 52.1 Å². The third-order valence-corrected chi connectivity index (χ3v) is 5.10. The van der Waals surface area contributed by atoms with E-state index in [1.54, 1.807) is 17.6 Å². The van der Waals surface area contributed by atoms with Crippen LogP contribution < -0.4 is 10.8 Å². The number of urea groups is 1. The fraction of sp³-hybridized carbons (Fsp3) is 0.333. The van der Waals surface area contributed by atoms with Gasteiger partial charge in [-0.05, 0) is 43.7 Å². The summed E-state index contributed by atoms with van der Waals surface area (Å²) in [6.45, 7) is 6.26. The Bertz CT molecular complexity index is 798. The lowest BCUT2D eigenvalue weighted by Gasteiger charge is -2.44. The molecule has 2 aromatic carbocycles. The largest absolute Gasteiger partial charge is 0.321 e. The van der Waals surface area contributed by atoms with Gasteiger partial charge in [0.25, 0.3) is 5.91 Å². The van der Waals surface area contributed by atoms with Crippen molar-refractivity contribution in [2.24, 2.45) is 0 Å². The molecule has 1 heterocycles. The average molecular weight is 382 g/mol. The number of anilines is 1. The minimum Gasteiger partial charge on any atom is -0.321 e. The van der Waals surface area contributed by atoms with Gasteiger partial charge in [0.1, 0.15) is 0 Å². The lowest BCUT2D eigenvalue weighted by Crippen LogP contribution is -2.58. The van der Waals surface area contributed by atoms with Crippen LogP contribution in [0.4, 0.5) is 10.5 Å². The molecule has 3 rings (SSSR count). The zero-order valence-corrected chi connectivity index (χ0v) is 16.1. The number of hydrogen-bond donors (Lipinski definition) is 3. The molecule has 3 amide bonds. The Labute approximate surface area is 164 Å². The molecule has 1 fully saturated rings. The highest BCUT2D eigenvalue weighted by Gasteiger charge is 2.31. The minimum absolute atomic E-state index is 0.0797. The molecule has 7 heteroatoms. The molecule has 1 saturated heterocycles. The number of piperazine rings is 1. The second kappa shape index (κ2) is 8.86. The number of para-hydroxylation sites is 1. The van der Waals surface area contributed by atoms with Crippen LogP contribution in [0, 0.1) is 0 Å². The Morgan fingerprint density at radius 3 is 2.18 bits per heavy atom. The minimum atomic E-state index is -0.522. The van der Waals surface area contributed by atoms with E-state index in [4.69, 9.17) is 5.21 Å². The number of hydrogen-bond acceptors (Lipinski definition) is 4. The highest BCUT2D eigenvalue weighted by Crippen LogP contribution is 2.20. The Morgan fingerprint density at radius 2 is 1.61 bits per heavy atom. The first kappa shape index (κ1) is 19.9. The Hall–Kier alpha value is -2.90. The van der Waals surface area contributed by atoms with E-state index in [-0.39, 0.29) is 18.1 Å². The number of hydroxylamine groups is 1. The smallest absolute Gasteiger partial charge is 0.321 e. The molecule has 148 valence electrons. The van der Waals surface area contributed by atoms with Gasteiger partial charge >= 0.3 is 6.03 Å². The van der Waals surface area contributed by atoms with Gasteiger partial charge in [-0.1, -0.05) is 30.3 Å². The van der Waals surface area contributed by atoms with E-state index < -0.39 is 5.91 Å². The fourth-order valence-corrected chi connectivity index (χ4v) is 3.60. The molecular formula is C21H26N4O3. The quantitative estimate of drug-likeness (QED) is 0.561. The van der Waals surface area contributed by atoms with Crippen LogP contribution in [0.25, 0.3) is 0 Å². The molecular weight excluding hydrogens is 356 g/mol. The predicted molar refractivity (Wildman–Crippen MR) is 107 cm³/mol. The van der Waals surface area contributed by atoms with Crippen molar-refractivity contribution in [1.29, 1.82) is 0 Å². The zero-order valence-electron chi connectivity index (χ0n) is 16.1. The number of amides is 3. The first-order chi connectivity index (χ1) is 13.5. The molecule has 0 saturated carbocycles. The summed E-state index contributed by atoms with van der Waals surface area (Å²) in [6.07, 6.45) is 0. The molecule has 0 unspecified atom stereocenters. The number of carbonyl (C=O) groups is 2. The normalized spacial score (nSPS) is 19.9. The van der Waals surface area contributed by atoms with Gasteiger partial charge in [0.15, 0.2) is 0 Å². The van der Waals surface area contributed by atoms with Gasteiger partial charge in [0.2, 0.25) is 0 Å². The third kappa shape index (κ3) is 4.68. The number of nitrogens with zero attached hydrogens (tertiary/aromatic N) is 2. The van der Waals surface area contributed by atoms with Crippen molar-refractivity contribution >= 4 is 17.6 Å². The summed E-state index contributed by atoms with van der Waals surface area (Å²) in [5, 5.41) is 11.7. The molecule has 0 bridgehead atoms. The Kier molecular flexibility index (Phi) is 6.28. The summed E-state index contributed by atoms with van der Waals surface area (Å²) < 4.78 is 0. The first-order valence-electron chi connectivity index (χ1n) is 9.38. The molecule has 28 heavy (non-hydrogen) atoms. The fourth-order valence-electron chi connectivity index (χ4n) is 3.60. The van der Waals surface area contributed by atoms with Gasteiger partial charge in [-0.3, -0.25) is 14.9 Å². The highest BCUT2D eigenvalue weighted by molar-refractivity contribution is 5.93. The van der Waals surface area contributed by atoms with E-state index in [0.29, 0.717) is 18.7 Å². The second-order valence-corrected chi connectivity index (χ2v) is 7.21. The van der Waals surface area contributed by atoms with Crippen molar-refractivity contribution in [3.63, 3.8) is 0 Å². The molecule has 0 radical (unpaired) electrons. The van der Waals surface area contributed by atoms with Gasteiger partial charge in [-0.25, -0.2) is 10.3 Å². The van der Waals surface area contributed by atoms with Gasteiger partial charge in [-0.2, -0.15) is 0 Å². The van der Waals surface area contributed by atoms with Crippen molar-refractivity contribution in [2.75, 3.05) is 18.4 Å². The van der Waals surface area contributed by atoms with Crippen LogP contribution in [0.1, 0.15) is 29.8 Å². The lowest BCUT2D eigenvalue weighted by molar-refractivity contribution is 0.0526. The van der Waals surface area contributed by atoms with Crippen LogP contribution in [0.2, 0.25) is 0 Å². The van der Waals surface area contributed by atoms with E-state index in [1.165, 1.54) is 0 Å². The van der Waals surface area contributed by atoms with Gasteiger partial charge in [-0.15, -0.1) is 0 Å². The van der Waals surface area contributed by atoms with Crippen molar-refractivity contribution in [1.82, 2.24) is 15.3 Å². The number of benzene rings is 2. The molecule has 1 aliphatic heterocycles. The molecule has 7 nitrogen and oxygen atoms in total. The van der Waals surface area contributed by atoms with Crippen molar-refractivity contribution in [2.45, 2.75) is 32.5 Å². The Balaban J connectivity index is 1.60. The molecule has 0 aromatic heterocycles. The monoisotopic (exact) mass is 382 g/mol. The van der Waals surface area contributed by atoms with Gasteiger partial charge < -0.3 is 10.2 Å². The summed E-state index contributed by atoms with van der Waals surface area (Å²) >= 11 is 0. The maximum absolute atomic E-state index is 12.6. The van der Waals surface area contributed by atoms with E-state index in [0.717, 1.165) is 17.8 Å². The van der Waals surface area contributed by atoms with Crippen LogP contribution >= 0.6 is 0 Å². The van der Waals surface area contributed by atoms with E-state index in [1.807, 2.05) is 47.4 Å². The maximum Gasteiger partial charge on any atom is 0.321 e. The van der Waals surface area contributed by atoms with Crippen molar-refractivity contribution < 1.29 is 14.8 Å². The van der Waals surface area contributed by atoms with Crippen LogP contribution in [0.15, 0.2) is 54.6 Å². The summed E-state index contributed by atoms with van der Waals surface area (Å²) in [5.41, 5.74) is 3.92. The van der Waals surface area contributed by atoms with Crippen LogP contribution in [-0.2, 0) is 6.54 Å². The zero-order chi connectivity index (χ0) is 20.1. The summed E-state index contributed by atoms with van der Waals surface area (Å²) in [4.78, 5) is 28.2. The second-order valence-electron chi connectivity index (χ2n) is 7.21. The number of nitrogens with one attached hydrogen (secondary N) is 2. The summed E-state index contributed by atoms with van der Waals surface area (Å²) in [5.74, 6) is -0.522. The van der Waals surface area contributed by atoms with Crippen molar-refractivity contribution in [3.8, 4) is 0 Å². The topological polar surface area (TPSA) is 84.9 Å². The van der Waals surface area contributed by atoms with Gasteiger partial charge in [0, 0.05) is 43.0 Å². The average Bonchev–Trinajstić information content (AvgIpc) is 2.71. The van der Waals surface area contributed by atoms with E-state index in [9.17, 15) is 9.59 Å². The first-order valence-corrected chi connectivity index (χ1v) is 9.38. The molecule has 0 spiro atoms. The number of rotatable bonds is 4. The van der Waals surface area contributed by atoms with Crippen LogP contribution in [0.3, 0.4) is 0 Å². The molecule has 0 aliphatic carbocycles. The number of carbonyl (C=O) groups excluding carboxylic acids is 2. The summed E-state index contributed by atoms with van der Waals surface area (Å²) in [7, 11) is 0. The van der Waals surface area contributed by atoms with Gasteiger partial charge in [0.05, 0.1) is 0 Å². The molecule has 3 N–H and O–H groups in total. The van der Waals surface area contributed by atoms with E-state index in [2.05, 4.69) is 24.1 Å². The third-order valence-electron chi connectivity index (χ3n) is 5.10. The molecule has 2 aromatic rings. The van der Waals surface area contributed by atoms with Crippen molar-refractivity contribution in [3.05, 3.63) is 65.7 Å². The van der Waals surface area contributed by atoms with E-state index >= 15 is 0 Å².